The standard InChI is InChI=1S/C22H29N3O3S2/c1-13(2)16-10-15(24-7)11-17(14(3)4)18(16)12-20(26)25-30(23,28)21-9-8-19(29-21)22(5,6)27/h8-11,13-14,27H,12H2,1-6H3,(H2,23,25,26,28). The fourth-order valence-electron chi connectivity index (χ4n) is 3.19. The maximum Gasteiger partial charge on any atom is 0.259 e. The molecular formula is C22H29N3O3S2. The van der Waals surface area contributed by atoms with Crippen LogP contribution in [0.25, 0.3) is 4.85 Å². The Morgan fingerprint density at radius 3 is 2.17 bits per heavy atom. The average molecular weight is 448 g/mol. The van der Waals surface area contributed by atoms with E-state index in [1.165, 1.54) is 0 Å². The minimum Gasteiger partial charge on any atom is -0.385 e. The molecule has 0 aliphatic rings. The van der Waals surface area contributed by atoms with Gasteiger partial charge in [0, 0.05) is 4.88 Å². The van der Waals surface area contributed by atoms with E-state index in [-0.39, 0.29) is 22.5 Å². The zero-order valence-electron chi connectivity index (χ0n) is 18.2. The molecule has 3 N–H and O–H groups in total. The minimum absolute atomic E-state index is 0.0305. The Balaban J connectivity index is 2.48. The largest absolute Gasteiger partial charge is 0.385 e. The first-order valence-corrected chi connectivity index (χ1v) is 12.1. The van der Waals surface area contributed by atoms with Gasteiger partial charge in [-0.15, -0.1) is 15.7 Å². The van der Waals surface area contributed by atoms with Crippen molar-refractivity contribution < 1.29 is 14.1 Å². The number of benzene rings is 1. The van der Waals surface area contributed by atoms with Crippen molar-refractivity contribution in [2.24, 2.45) is 9.50 Å². The quantitative estimate of drug-likeness (QED) is 0.592. The molecule has 0 saturated heterocycles. The van der Waals surface area contributed by atoms with E-state index in [1.807, 2.05) is 27.7 Å². The van der Waals surface area contributed by atoms with E-state index in [4.69, 9.17) is 11.7 Å². The highest BCUT2D eigenvalue weighted by molar-refractivity contribution is 7.93. The number of carbonyl (C=O) groups excluding carboxylic acids is 1. The van der Waals surface area contributed by atoms with Gasteiger partial charge < -0.3 is 5.11 Å². The van der Waals surface area contributed by atoms with Crippen LogP contribution in [0.3, 0.4) is 0 Å². The summed E-state index contributed by atoms with van der Waals surface area (Å²) in [5, 5.41) is 16.0. The fourth-order valence-corrected chi connectivity index (χ4v) is 5.50. The molecule has 8 heteroatoms. The molecule has 1 amide bonds. The highest BCUT2D eigenvalue weighted by Crippen LogP contribution is 2.34. The lowest BCUT2D eigenvalue weighted by Gasteiger charge is -2.20. The summed E-state index contributed by atoms with van der Waals surface area (Å²) in [7, 11) is -3.41. The van der Waals surface area contributed by atoms with Crippen molar-refractivity contribution >= 4 is 32.8 Å². The van der Waals surface area contributed by atoms with Crippen LogP contribution in [0.2, 0.25) is 0 Å². The van der Waals surface area contributed by atoms with E-state index >= 15 is 0 Å². The molecule has 1 aromatic carbocycles. The molecule has 0 fully saturated rings. The lowest BCUT2D eigenvalue weighted by molar-refractivity contribution is -0.117. The van der Waals surface area contributed by atoms with Gasteiger partial charge in [-0.1, -0.05) is 51.0 Å². The van der Waals surface area contributed by atoms with Crippen molar-refractivity contribution in [1.82, 2.24) is 0 Å². The normalized spacial score (nSPS) is 13.9. The van der Waals surface area contributed by atoms with Gasteiger partial charge in [0.25, 0.3) is 5.91 Å². The first-order chi connectivity index (χ1) is 13.8. The number of aliphatic hydroxyl groups is 1. The number of carbonyl (C=O) groups is 1. The maximum absolute atomic E-state index is 12.9. The van der Waals surface area contributed by atoms with Crippen LogP contribution < -0.4 is 5.14 Å². The van der Waals surface area contributed by atoms with E-state index < -0.39 is 21.4 Å². The van der Waals surface area contributed by atoms with Crippen LogP contribution >= 0.6 is 11.3 Å². The lowest BCUT2D eigenvalue weighted by atomic mass is 9.86. The van der Waals surface area contributed by atoms with Gasteiger partial charge in [-0.25, -0.2) is 14.2 Å². The zero-order chi connectivity index (χ0) is 22.9. The van der Waals surface area contributed by atoms with Gasteiger partial charge >= 0.3 is 0 Å². The molecule has 0 radical (unpaired) electrons. The predicted molar refractivity (Wildman–Crippen MR) is 122 cm³/mol. The van der Waals surface area contributed by atoms with Gasteiger partial charge in [-0.05, 0) is 43.4 Å². The molecule has 2 aromatic rings. The molecule has 2 rings (SSSR count). The number of hydrogen-bond donors (Lipinski definition) is 2. The Bertz CT molecular complexity index is 1080. The molecule has 0 saturated carbocycles. The van der Waals surface area contributed by atoms with E-state index in [0.29, 0.717) is 10.6 Å². The number of nitrogens with two attached hydrogens (primary N) is 1. The molecular weight excluding hydrogens is 418 g/mol. The molecule has 0 aliphatic heterocycles. The third-order valence-electron chi connectivity index (χ3n) is 4.71. The topological polar surface area (TPSA) is 97.1 Å². The summed E-state index contributed by atoms with van der Waals surface area (Å²) in [6.45, 7) is 18.6. The summed E-state index contributed by atoms with van der Waals surface area (Å²) in [6.07, 6.45) is -0.0305. The molecule has 1 aromatic heterocycles. The number of rotatable bonds is 6. The van der Waals surface area contributed by atoms with Crippen LogP contribution in [0, 0.1) is 6.57 Å². The third kappa shape index (κ3) is 5.55. The first-order valence-electron chi connectivity index (χ1n) is 9.71. The molecule has 6 nitrogen and oxygen atoms in total. The number of amides is 1. The second-order valence-corrected chi connectivity index (χ2v) is 11.5. The van der Waals surface area contributed by atoms with Gasteiger partial charge in [0.1, 0.15) is 4.21 Å². The highest BCUT2D eigenvalue weighted by Gasteiger charge is 2.23. The summed E-state index contributed by atoms with van der Waals surface area (Å²) in [5.41, 5.74) is 2.10. The fraction of sp³-hybridized carbons (Fsp3) is 0.455. The molecule has 0 bridgehead atoms. The Labute approximate surface area is 183 Å². The summed E-state index contributed by atoms with van der Waals surface area (Å²) >= 11 is 1.09. The van der Waals surface area contributed by atoms with Crippen LogP contribution in [-0.4, -0.2) is 15.2 Å². The number of nitrogens with zero attached hydrogens (tertiary/aromatic N) is 2. The van der Waals surface area contributed by atoms with Gasteiger partial charge in [0.2, 0.25) is 0 Å². The zero-order valence-corrected chi connectivity index (χ0v) is 19.9. The lowest BCUT2D eigenvalue weighted by Crippen LogP contribution is -2.16. The van der Waals surface area contributed by atoms with E-state index in [0.717, 1.165) is 28.0 Å². The molecule has 0 spiro atoms. The Kier molecular flexibility index (Phi) is 7.25. The molecule has 30 heavy (non-hydrogen) atoms. The van der Waals surface area contributed by atoms with Crippen LogP contribution in [0.15, 0.2) is 32.8 Å². The van der Waals surface area contributed by atoms with Gasteiger partial charge in [-0.3, -0.25) is 4.79 Å². The van der Waals surface area contributed by atoms with Crippen molar-refractivity contribution in [3.8, 4) is 0 Å². The van der Waals surface area contributed by atoms with Gasteiger partial charge in [0.05, 0.1) is 18.6 Å². The summed E-state index contributed by atoms with van der Waals surface area (Å²) in [6, 6.07) is 6.80. The third-order valence-corrected chi connectivity index (χ3v) is 8.06. The van der Waals surface area contributed by atoms with Crippen molar-refractivity contribution in [3.63, 3.8) is 0 Å². The minimum atomic E-state index is -3.41. The predicted octanol–water partition coefficient (Wildman–Crippen LogP) is 5.24. The Morgan fingerprint density at radius 1 is 1.23 bits per heavy atom. The van der Waals surface area contributed by atoms with Crippen molar-refractivity contribution in [1.29, 1.82) is 0 Å². The SMILES string of the molecule is [C-]#[N+]c1cc(C(C)C)c(CC(=O)N=S(N)(=O)c2ccc(C(C)(C)O)s2)c(C(C)C)c1. The molecule has 0 aliphatic carbocycles. The van der Waals surface area contributed by atoms with E-state index in [1.54, 1.807) is 38.1 Å². The van der Waals surface area contributed by atoms with Crippen molar-refractivity contribution in [3.05, 3.63) is 57.3 Å². The second-order valence-electron chi connectivity index (χ2n) is 8.43. The Morgan fingerprint density at radius 2 is 1.77 bits per heavy atom. The molecule has 1 heterocycles. The van der Waals surface area contributed by atoms with Crippen molar-refractivity contribution in [2.75, 3.05) is 0 Å². The molecule has 162 valence electrons. The van der Waals surface area contributed by atoms with Gasteiger partial charge in [0.15, 0.2) is 15.6 Å². The Hall–Kier alpha value is -2.05. The highest BCUT2D eigenvalue weighted by atomic mass is 32.2. The summed E-state index contributed by atoms with van der Waals surface area (Å²) in [4.78, 5) is 16.9. The van der Waals surface area contributed by atoms with E-state index in [2.05, 4.69) is 9.21 Å². The van der Waals surface area contributed by atoms with Crippen LogP contribution in [0.4, 0.5) is 5.69 Å². The first kappa shape index (κ1) is 24.2. The average Bonchev–Trinajstić information content (AvgIpc) is 3.12. The van der Waals surface area contributed by atoms with E-state index in [9.17, 15) is 14.1 Å². The summed E-state index contributed by atoms with van der Waals surface area (Å²) in [5.74, 6) is -0.346. The van der Waals surface area contributed by atoms with Crippen LogP contribution in [0.5, 0.6) is 0 Å². The molecule has 1 atom stereocenters. The smallest absolute Gasteiger partial charge is 0.259 e. The number of thiophene rings is 1. The van der Waals surface area contributed by atoms with Crippen molar-refractivity contribution in [2.45, 2.75) is 69.6 Å². The van der Waals surface area contributed by atoms with Crippen LogP contribution in [0.1, 0.15) is 74.9 Å². The van der Waals surface area contributed by atoms with Crippen LogP contribution in [-0.2, 0) is 26.7 Å². The van der Waals surface area contributed by atoms with Gasteiger partial charge in [-0.2, -0.15) is 0 Å². The summed E-state index contributed by atoms with van der Waals surface area (Å²) < 4.78 is 17.0. The second kappa shape index (κ2) is 8.98. The maximum atomic E-state index is 12.9. The number of hydrogen-bond acceptors (Lipinski definition) is 4. The molecule has 1 unspecified atom stereocenters. The monoisotopic (exact) mass is 447 g/mol.